The summed E-state index contributed by atoms with van der Waals surface area (Å²) in [6.45, 7) is 0. The SMILES string of the molecule is O=C(O)C1(O)CC(O)C(O)[C@H](O)C1.[H-].[Li+]. The van der Waals surface area contributed by atoms with Gasteiger partial charge in [-0.1, -0.05) is 0 Å². The predicted molar refractivity (Wildman–Crippen MR) is 41.0 cm³/mol. The van der Waals surface area contributed by atoms with Gasteiger partial charge in [0.25, 0.3) is 0 Å². The van der Waals surface area contributed by atoms with Gasteiger partial charge in [-0.15, -0.1) is 0 Å². The summed E-state index contributed by atoms with van der Waals surface area (Å²) in [7, 11) is 0. The van der Waals surface area contributed by atoms with Gasteiger partial charge in [0.15, 0.2) is 5.60 Å². The van der Waals surface area contributed by atoms with Gasteiger partial charge in [0.1, 0.15) is 6.10 Å². The third-order valence-electron chi connectivity index (χ3n) is 2.28. The van der Waals surface area contributed by atoms with Crippen LogP contribution in [0.15, 0.2) is 0 Å². The van der Waals surface area contributed by atoms with Gasteiger partial charge in [-0.3, -0.25) is 0 Å². The number of aliphatic hydroxyl groups is 4. The van der Waals surface area contributed by atoms with Gasteiger partial charge in [-0.25, -0.2) is 4.79 Å². The monoisotopic (exact) mass is 200 g/mol. The van der Waals surface area contributed by atoms with Crippen LogP contribution in [0.2, 0.25) is 0 Å². The molecule has 1 aliphatic carbocycles. The molecule has 6 nitrogen and oxygen atoms in total. The number of rotatable bonds is 1. The smallest absolute Gasteiger partial charge is 1.00 e. The number of hydrogen-bond donors (Lipinski definition) is 5. The third kappa shape index (κ3) is 2.48. The normalized spacial score (nSPS) is 42.7. The minimum absolute atomic E-state index is 0. The Morgan fingerprint density at radius 2 is 1.57 bits per heavy atom. The molecule has 0 saturated heterocycles. The molecule has 1 fully saturated rings. The minimum Gasteiger partial charge on any atom is -1.00 e. The molecule has 1 rings (SSSR count). The van der Waals surface area contributed by atoms with Gasteiger partial charge in [0.2, 0.25) is 0 Å². The van der Waals surface area contributed by atoms with Gasteiger partial charge in [-0.05, 0) is 0 Å². The fraction of sp³-hybridized carbons (Fsp3) is 0.857. The molecular formula is C7H13LiO6. The van der Waals surface area contributed by atoms with Crippen LogP contribution in [0, 0.1) is 0 Å². The van der Waals surface area contributed by atoms with Crippen LogP contribution < -0.4 is 18.9 Å². The molecule has 1 saturated carbocycles. The van der Waals surface area contributed by atoms with Crippen molar-refractivity contribution in [2.75, 3.05) is 0 Å². The van der Waals surface area contributed by atoms with Crippen LogP contribution in [0.4, 0.5) is 0 Å². The molecule has 1 aliphatic rings. The van der Waals surface area contributed by atoms with Crippen molar-refractivity contribution < 1.29 is 50.6 Å². The van der Waals surface area contributed by atoms with E-state index in [1.165, 1.54) is 0 Å². The van der Waals surface area contributed by atoms with E-state index in [9.17, 15) is 9.90 Å². The predicted octanol–water partition coefficient (Wildman–Crippen LogP) is -5.20. The van der Waals surface area contributed by atoms with Crippen LogP contribution in [0.5, 0.6) is 0 Å². The molecule has 0 amide bonds. The molecule has 78 valence electrons. The number of hydrogen-bond acceptors (Lipinski definition) is 5. The third-order valence-corrected chi connectivity index (χ3v) is 2.28. The summed E-state index contributed by atoms with van der Waals surface area (Å²) in [5, 5.41) is 45.2. The fourth-order valence-corrected chi connectivity index (χ4v) is 1.45. The maximum Gasteiger partial charge on any atom is 1.00 e. The molecule has 14 heavy (non-hydrogen) atoms. The number of carboxylic acids is 1. The Balaban J connectivity index is 0. The van der Waals surface area contributed by atoms with Crippen LogP contribution in [-0.2, 0) is 4.79 Å². The van der Waals surface area contributed by atoms with Crippen molar-refractivity contribution in [2.45, 2.75) is 36.8 Å². The second-order valence-electron chi connectivity index (χ2n) is 3.37. The first kappa shape index (κ1) is 13.9. The minimum atomic E-state index is -2.14. The van der Waals surface area contributed by atoms with E-state index in [1.54, 1.807) is 0 Å². The quantitative estimate of drug-likeness (QED) is 0.270. The van der Waals surface area contributed by atoms with Crippen LogP contribution in [0.1, 0.15) is 14.3 Å². The van der Waals surface area contributed by atoms with E-state index in [0.717, 1.165) is 0 Å². The van der Waals surface area contributed by atoms with Gasteiger partial charge < -0.3 is 27.0 Å². The van der Waals surface area contributed by atoms with E-state index < -0.39 is 42.7 Å². The topological polar surface area (TPSA) is 118 Å². The van der Waals surface area contributed by atoms with Gasteiger partial charge in [0.05, 0.1) is 12.2 Å². The van der Waals surface area contributed by atoms with E-state index in [1.807, 2.05) is 0 Å². The summed E-state index contributed by atoms with van der Waals surface area (Å²) in [6.07, 6.45) is -5.16. The van der Waals surface area contributed by atoms with E-state index in [-0.39, 0.29) is 20.3 Å². The molecule has 0 heterocycles. The number of aliphatic hydroxyl groups excluding tert-OH is 3. The van der Waals surface area contributed by atoms with Crippen LogP contribution >= 0.6 is 0 Å². The number of carbonyl (C=O) groups is 1. The molecule has 0 bridgehead atoms. The van der Waals surface area contributed by atoms with Crippen molar-refractivity contribution in [1.29, 1.82) is 0 Å². The largest absolute Gasteiger partial charge is 1.00 e. The Morgan fingerprint density at radius 3 is 1.86 bits per heavy atom. The van der Waals surface area contributed by atoms with Crippen molar-refractivity contribution in [3.8, 4) is 0 Å². The molecule has 5 N–H and O–H groups in total. The molecule has 7 heteroatoms. The van der Waals surface area contributed by atoms with E-state index >= 15 is 0 Å². The fourth-order valence-electron chi connectivity index (χ4n) is 1.45. The first-order chi connectivity index (χ1) is 5.87. The summed E-state index contributed by atoms with van der Waals surface area (Å²) in [5.74, 6) is -1.50. The summed E-state index contributed by atoms with van der Waals surface area (Å²) < 4.78 is 0. The molecule has 0 aromatic carbocycles. The van der Waals surface area contributed by atoms with Crippen LogP contribution in [0.25, 0.3) is 0 Å². The first-order valence-corrected chi connectivity index (χ1v) is 3.87. The summed E-state index contributed by atoms with van der Waals surface area (Å²) in [4.78, 5) is 10.5. The number of aliphatic carboxylic acids is 1. The zero-order valence-electron chi connectivity index (χ0n) is 8.79. The average molecular weight is 200 g/mol. The molecule has 0 aromatic rings. The Kier molecular flexibility index (Phi) is 4.59. The molecule has 0 spiro atoms. The zero-order valence-corrected chi connectivity index (χ0v) is 7.79. The van der Waals surface area contributed by atoms with Gasteiger partial charge >= 0.3 is 24.8 Å². The zero-order chi connectivity index (χ0) is 10.2. The molecule has 0 aromatic heterocycles. The van der Waals surface area contributed by atoms with Gasteiger partial charge in [0, 0.05) is 12.8 Å². The van der Waals surface area contributed by atoms with Crippen molar-refractivity contribution in [3.63, 3.8) is 0 Å². The van der Waals surface area contributed by atoms with Crippen molar-refractivity contribution >= 4 is 5.97 Å². The maximum atomic E-state index is 10.5. The van der Waals surface area contributed by atoms with E-state index in [4.69, 9.17) is 20.4 Å². The molecule has 4 atom stereocenters. The van der Waals surface area contributed by atoms with Crippen molar-refractivity contribution in [2.24, 2.45) is 0 Å². The average Bonchev–Trinajstić information content (AvgIpc) is 2.00. The Hall–Kier alpha value is -0.0926. The number of carboxylic acid groups (broad SMARTS) is 1. The summed E-state index contributed by atoms with van der Waals surface area (Å²) >= 11 is 0. The summed E-state index contributed by atoms with van der Waals surface area (Å²) in [6, 6.07) is 0. The van der Waals surface area contributed by atoms with Gasteiger partial charge in [-0.2, -0.15) is 0 Å². The molecular weight excluding hydrogens is 187 g/mol. The van der Waals surface area contributed by atoms with Crippen molar-refractivity contribution in [3.05, 3.63) is 0 Å². The molecule has 3 unspecified atom stereocenters. The van der Waals surface area contributed by atoms with E-state index in [2.05, 4.69) is 0 Å². The van der Waals surface area contributed by atoms with E-state index in [0.29, 0.717) is 0 Å². The molecule has 0 radical (unpaired) electrons. The summed E-state index contributed by atoms with van der Waals surface area (Å²) in [5.41, 5.74) is -2.14. The van der Waals surface area contributed by atoms with Crippen molar-refractivity contribution in [1.82, 2.24) is 0 Å². The Bertz CT molecular complexity index is 214. The maximum absolute atomic E-state index is 10.5. The second kappa shape index (κ2) is 4.62. The second-order valence-corrected chi connectivity index (χ2v) is 3.37. The van der Waals surface area contributed by atoms with Crippen LogP contribution in [-0.4, -0.2) is 55.4 Å². The Morgan fingerprint density at radius 1 is 1.21 bits per heavy atom. The standard InChI is InChI=1S/C7H12O6.Li.H/c8-3-1-7(13,6(11)12)2-4(9)5(3)10;;/h3-5,8-10,13H,1-2H2,(H,11,12);;/q;+1;-1/t3-,4?,5?,7?;;/m1../s1. The van der Waals surface area contributed by atoms with Crippen LogP contribution in [0.3, 0.4) is 0 Å². The molecule has 0 aliphatic heterocycles. The first-order valence-electron chi connectivity index (χ1n) is 3.87. The Labute approximate surface area is 93.8 Å².